The average molecular weight is 279 g/mol. The molecule has 0 bridgehead atoms. The van der Waals surface area contributed by atoms with E-state index >= 15 is 0 Å². The molecule has 20 heavy (non-hydrogen) atoms. The van der Waals surface area contributed by atoms with E-state index in [2.05, 4.69) is 24.3 Å². The SMILES string of the molecule is CCOC(C)(C)CNCc1ccc(/C(N)=N/O)cc1C. The number of nitrogens with two attached hydrogens (primary N) is 1. The summed E-state index contributed by atoms with van der Waals surface area (Å²) >= 11 is 0. The van der Waals surface area contributed by atoms with E-state index in [9.17, 15) is 0 Å². The molecule has 1 aromatic rings. The van der Waals surface area contributed by atoms with Gasteiger partial charge in [0.25, 0.3) is 0 Å². The number of oxime groups is 1. The number of aryl methyl sites for hydroxylation is 1. The maximum Gasteiger partial charge on any atom is 0.170 e. The van der Waals surface area contributed by atoms with E-state index in [0.29, 0.717) is 6.61 Å². The Morgan fingerprint density at radius 3 is 2.70 bits per heavy atom. The van der Waals surface area contributed by atoms with E-state index in [1.807, 2.05) is 32.0 Å². The Bertz CT molecular complexity index is 470. The molecule has 0 aliphatic rings. The topological polar surface area (TPSA) is 79.9 Å². The van der Waals surface area contributed by atoms with Gasteiger partial charge in [0, 0.05) is 25.3 Å². The highest BCUT2D eigenvalue weighted by molar-refractivity contribution is 5.97. The molecular formula is C15H25N3O2. The van der Waals surface area contributed by atoms with Gasteiger partial charge in [0.05, 0.1) is 5.60 Å². The van der Waals surface area contributed by atoms with Gasteiger partial charge in [-0.3, -0.25) is 0 Å². The smallest absolute Gasteiger partial charge is 0.170 e. The Hall–Kier alpha value is -1.59. The Balaban J connectivity index is 2.62. The number of nitrogens with one attached hydrogen (secondary N) is 1. The van der Waals surface area contributed by atoms with Crippen LogP contribution in [0.15, 0.2) is 23.4 Å². The van der Waals surface area contributed by atoms with Crippen LogP contribution in [0.3, 0.4) is 0 Å². The van der Waals surface area contributed by atoms with E-state index in [1.54, 1.807) is 0 Å². The first-order valence-electron chi connectivity index (χ1n) is 6.81. The van der Waals surface area contributed by atoms with E-state index < -0.39 is 0 Å². The lowest BCUT2D eigenvalue weighted by Crippen LogP contribution is -2.37. The van der Waals surface area contributed by atoms with E-state index in [-0.39, 0.29) is 11.4 Å². The summed E-state index contributed by atoms with van der Waals surface area (Å²) in [6.45, 7) is 10.4. The van der Waals surface area contributed by atoms with Crippen molar-refractivity contribution >= 4 is 5.84 Å². The molecule has 0 spiro atoms. The summed E-state index contributed by atoms with van der Waals surface area (Å²) in [4.78, 5) is 0. The van der Waals surface area contributed by atoms with Crippen LogP contribution >= 0.6 is 0 Å². The van der Waals surface area contributed by atoms with Crippen LogP contribution in [-0.2, 0) is 11.3 Å². The monoisotopic (exact) mass is 279 g/mol. The van der Waals surface area contributed by atoms with Crippen LogP contribution in [0.4, 0.5) is 0 Å². The number of ether oxygens (including phenoxy) is 1. The minimum absolute atomic E-state index is 0.130. The quantitative estimate of drug-likeness (QED) is 0.309. The van der Waals surface area contributed by atoms with Gasteiger partial charge in [0.15, 0.2) is 5.84 Å². The Morgan fingerprint density at radius 2 is 2.15 bits per heavy atom. The third-order valence-electron chi connectivity index (χ3n) is 3.15. The molecule has 0 aliphatic heterocycles. The van der Waals surface area contributed by atoms with Crippen LogP contribution in [0.5, 0.6) is 0 Å². The van der Waals surface area contributed by atoms with Crippen LogP contribution in [0.2, 0.25) is 0 Å². The first kappa shape index (κ1) is 16.5. The van der Waals surface area contributed by atoms with Crippen LogP contribution in [-0.4, -0.2) is 29.8 Å². The van der Waals surface area contributed by atoms with Crippen molar-refractivity contribution in [2.24, 2.45) is 10.9 Å². The highest BCUT2D eigenvalue weighted by Gasteiger charge is 2.16. The van der Waals surface area contributed by atoms with Gasteiger partial charge in [-0.25, -0.2) is 0 Å². The molecule has 0 fully saturated rings. The predicted molar refractivity (Wildman–Crippen MR) is 81.1 cm³/mol. The normalized spacial score (nSPS) is 12.7. The van der Waals surface area contributed by atoms with Crippen molar-refractivity contribution in [1.29, 1.82) is 0 Å². The molecule has 0 atom stereocenters. The van der Waals surface area contributed by atoms with Gasteiger partial charge in [-0.15, -0.1) is 0 Å². The summed E-state index contributed by atoms with van der Waals surface area (Å²) in [6.07, 6.45) is 0. The fourth-order valence-electron chi connectivity index (χ4n) is 2.05. The molecule has 5 nitrogen and oxygen atoms in total. The second kappa shape index (κ2) is 7.26. The molecule has 0 saturated carbocycles. The molecule has 0 saturated heterocycles. The average Bonchev–Trinajstić information content (AvgIpc) is 2.39. The fourth-order valence-corrected chi connectivity index (χ4v) is 2.05. The number of amidine groups is 1. The number of hydrogen-bond donors (Lipinski definition) is 3. The summed E-state index contributed by atoms with van der Waals surface area (Å²) in [5.41, 5.74) is 8.42. The third-order valence-corrected chi connectivity index (χ3v) is 3.15. The summed E-state index contributed by atoms with van der Waals surface area (Å²) in [6, 6.07) is 5.76. The molecule has 0 amide bonds. The molecule has 0 unspecified atom stereocenters. The molecule has 0 radical (unpaired) electrons. The van der Waals surface area contributed by atoms with Crippen molar-refractivity contribution < 1.29 is 9.94 Å². The number of benzene rings is 1. The zero-order valence-corrected chi connectivity index (χ0v) is 12.7. The lowest BCUT2D eigenvalue weighted by molar-refractivity contribution is -0.00898. The van der Waals surface area contributed by atoms with Gasteiger partial charge >= 0.3 is 0 Å². The maximum absolute atomic E-state index is 8.67. The lowest BCUT2D eigenvalue weighted by Gasteiger charge is -2.25. The lowest BCUT2D eigenvalue weighted by atomic mass is 10.0. The number of nitrogens with zero attached hydrogens (tertiary/aromatic N) is 1. The fraction of sp³-hybridized carbons (Fsp3) is 0.533. The molecule has 5 heteroatoms. The Labute approximate surface area is 120 Å². The van der Waals surface area contributed by atoms with Crippen molar-refractivity contribution in [2.75, 3.05) is 13.2 Å². The van der Waals surface area contributed by atoms with Crippen molar-refractivity contribution in [2.45, 2.75) is 39.8 Å². The Kier molecular flexibility index (Phi) is 5.98. The van der Waals surface area contributed by atoms with Gasteiger partial charge < -0.3 is 21.0 Å². The number of rotatable bonds is 7. The Morgan fingerprint density at radius 1 is 1.45 bits per heavy atom. The van der Waals surface area contributed by atoms with E-state index in [0.717, 1.165) is 24.2 Å². The molecule has 4 N–H and O–H groups in total. The highest BCUT2D eigenvalue weighted by atomic mass is 16.5. The molecule has 0 aliphatic carbocycles. The minimum atomic E-state index is -0.170. The van der Waals surface area contributed by atoms with Crippen molar-refractivity contribution in [3.63, 3.8) is 0 Å². The zero-order valence-electron chi connectivity index (χ0n) is 12.7. The summed E-state index contributed by atoms with van der Waals surface area (Å²) in [5.74, 6) is 0.130. The van der Waals surface area contributed by atoms with Gasteiger partial charge in [0.1, 0.15) is 0 Å². The van der Waals surface area contributed by atoms with Crippen molar-refractivity contribution in [3.8, 4) is 0 Å². The molecule has 0 aromatic heterocycles. The van der Waals surface area contributed by atoms with Gasteiger partial charge in [-0.05, 0) is 44.9 Å². The molecule has 1 rings (SSSR count). The molecule has 0 heterocycles. The minimum Gasteiger partial charge on any atom is -0.409 e. The maximum atomic E-state index is 8.67. The second-order valence-electron chi connectivity index (χ2n) is 5.42. The predicted octanol–water partition coefficient (Wildman–Crippen LogP) is 1.99. The van der Waals surface area contributed by atoms with Gasteiger partial charge in [-0.1, -0.05) is 17.3 Å². The van der Waals surface area contributed by atoms with E-state index in [1.165, 1.54) is 5.56 Å². The van der Waals surface area contributed by atoms with E-state index in [4.69, 9.17) is 15.7 Å². The van der Waals surface area contributed by atoms with Crippen LogP contribution in [0.1, 0.15) is 37.5 Å². The van der Waals surface area contributed by atoms with Crippen LogP contribution < -0.4 is 11.1 Å². The first-order valence-corrected chi connectivity index (χ1v) is 6.81. The van der Waals surface area contributed by atoms with Crippen molar-refractivity contribution in [3.05, 3.63) is 34.9 Å². The summed E-state index contributed by atoms with van der Waals surface area (Å²) in [5, 5.41) is 15.1. The molecule has 1 aromatic carbocycles. The molecular weight excluding hydrogens is 254 g/mol. The third kappa shape index (κ3) is 4.83. The van der Waals surface area contributed by atoms with Crippen LogP contribution in [0.25, 0.3) is 0 Å². The standard InChI is InChI=1S/C15H25N3O2/c1-5-20-15(3,4)10-17-9-13-7-6-12(8-11(13)2)14(16)18-19/h6-8,17,19H,5,9-10H2,1-4H3,(H2,16,18). The van der Waals surface area contributed by atoms with Crippen molar-refractivity contribution in [1.82, 2.24) is 5.32 Å². The zero-order chi connectivity index (χ0) is 15.2. The number of hydrogen-bond acceptors (Lipinski definition) is 4. The summed E-state index contributed by atoms with van der Waals surface area (Å²) in [7, 11) is 0. The highest BCUT2D eigenvalue weighted by Crippen LogP contribution is 2.12. The first-order chi connectivity index (χ1) is 9.39. The summed E-state index contributed by atoms with van der Waals surface area (Å²) < 4.78 is 5.64. The largest absolute Gasteiger partial charge is 0.409 e. The van der Waals surface area contributed by atoms with Gasteiger partial charge in [0.2, 0.25) is 0 Å². The second-order valence-corrected chi connectivity index (χ2v) is 5.42. The van der Waals surface area contributed by atoms with Crippen LogP contribution in [0, 0.1) is 6.92 Å². The van der Waals surface area contributed by atoms with Gasteiger partial charge in [-0.2, -0.15) is 0 Å². The molecule has 112 valence electrons.